The van der Waals surface area contributed by atoms with Crippen LogP contribution in [0, 0.1) is 10.1 Å². The summed E-state index contributed by atoms with van der Waals surface area (Å²) in [5, 5.41) is 21.9. The number of rotatable bonds is 5. The van der Waals surface area contributed by atoms with Crippen molar-refractivity contribution in [2.75, 3.05) is 0 Å². The number of ketones is 1. The van der Waals surface area contributed by atoms with Gasteiger partial charge in [-0.05, 0) is 29.8 Å². The number of likely N-dealkylation sites (tertiary alicyclic amines) is 1. The number of hydrogen-bond acceptors (Lipinski definition) is 6. The molecule has 1 atom stereocenters. The fraction of sp³-hybridized carbons (Fsp3) is 0.0909. The van der Waals surface area contributed by atoms with Gasteiger partial charge in [-0.3, -0.25) is 19.7 Å². The summed E-state index contributed by atoms with van der Waals surface area (Å²) in [7, 11) is 0. The molecular weight excluding hydrogens is 388 g/mol. The molecule has 0 saturated carbocycles. The van der Waals surface area contributed by atoms with Crippen LogP contribution in [0.15, 0.2) is 83.0 Å². The van der Waals surface area contributed by atoms with Gasteiger partial charge in [0.15, 0.2) is 0 Å². The number of Topliss-reactive ketones (excluding diaryl/α,β-unsaturated/α-hetero) is 1. The van der Waals surface area contributed by atoms with Gasteiger partial charge in [0.05, 0.1) is 29.3 Å². The Morgan fingerprint density at radius 3 is 2.33 bits per heavy atom. The van der Waals surface area contributed by atoms with Crippen molar-refractivity contribution in [1.29, 1.82) is 0 Å². The van der Waals surface area contributed by atoms with Crippen molar-refractivity contribution < 1.29 is 24.0 Å². The molecule has 30 heavy (non-hydrogen) atoms. The van der Waals surface area contributed by atoms with Gasteiger partial charge in [-0.25, -0.2) is 0 Å². The first kappa shape index (κ1) is 19.1. The highest BCUT2D eigenvalue weighted by molar-refractivity contribution is 6.46. The van der Waals surface area contributed by atoms with E-state index in [0.717, 1.165) is 0 Å². The average molecular weight is 404 g/mol. The molecule has 150 valence electrons. The predicted octanol–water partition coefficient (Wildman–Crippen LogP) is 3.81. The minimum atomic E-state index is -0.920. The van der Waals surface area contributed by atoms with Crippen LogP contribution in [0.25, 0.3) is 5.76 Å². The van der Waals surface area contributed by atoms with Crippen LogP contribution in [-0.2, 0) is 16.1 Å². The lowest BCUT2D eigenvalue weighted by Gasteiger charge is -2.24. The Balaban J connectivity index is 1.85. The average Bonchev–Trinajstić information content (AvgIpc) is 3.36. The topological polar surface area (TPSA) is 114 Å². The summed E-state index contributed by atoms with van der Waals surface area (Å²) in [6, 6.07) is 16.4. The van der Waals surface area contributed by atoms with Gasteiger partial charge >= 0.3 is 0 Å². The molecule has 1 fully saturated rings. The highest BCUT2D eigenvalue weighted by atomic mass is 16.6. The first-order chi connectivity index (χ1) is 14.5. The predicted molar refractivity (Wildman–Crippen MR) is 106 cm³/mol. The number of nitro groups is 1. The number of aliphatic hydroxyl groups is 1. The fourth-order valence-corrected chi connectivity index (χ4v) is 3.49. The lowest BCUT2D eigenvalue weighted by atomic mass is 9.95. The molecule has 1 aliphatic rings. The maximum atomic E-state index is 12.9. The van der Waals surface area contributed by atoms with E-state index < -0.39 is 22.7 Å². The van der Waals surface area contributed by atoms with E-state index in [4.69, 9.17) is 4.42 Å². The van der Waals surface area contributed by atoms with Gasteiger partial charge in [-0.1, -0.05) is 30.3 Å². The lowest BCUT2D eigenvalue weighted by molar-refractivity contribution is -0.384. The highest BCUT2D eigenvalue weighted by Gasteiger charge is 2.46. The molecule has 1 saturated heterocycles. The summed E-state index contributed by atoms with van der Waals surface area (Å²) in [5.74, 6) is -1.46. The van der Waals surface area contributed by atoms with Gasteiger partial charge in [0.25, 0.3) is 17.4 Å². The van der Waals surface area contributed by atoms with E-state index in [1.165, 1.54) is 35.4 Å². The van der Waals surface area contributed by atoms with Crippen molar-refractivity contribution in [1.82, 2.24) is 4.90 Å². The molecular formula is C22H16N2O6. The Morgan fingerprint density at radius 2 is 1.73 bits per heavy atom. The van der Waals surface area contributed by atoms with Crippen molar-refractivity contribution in [2.45, 2.75) is 12.6 Å². The summed E-state index contributed by atoms with van der Waals surface area (Å²) in [4.78, 5) is 37.4. The molecule has 1 aromatic heterocycles. The zero-order valence-electron chi connectivity index (χ0n) is 15.6. The largest absolute Gasteiger partial charge is 0.507 e. The van der Waals surface area contributed by atoms with Crippen molar-refractivity contribution in [3.8, 4) is 0 Å². The highest BCUT2D eigenvalue weighted by Crippen LogP contribution is 2.40. The van der Waals surface area contributed by atoms with Crippen LogP contribution in [0.3, 0.4) is 0 Å². The molecule has 0 unspecified atom stereocenters. The second kappa shape index (κ2) is 7.67. The normalized spacial score (nSPS) is 18.0. The number of furan rings is 1. The Labute approximate surface area is 170 Å². The maximum Gasteiger partial charge on any atom is 0.296 e. The molecule has 8 heteroatoms. The molecule has 3 aromatic rings. The van der Waals surface area contributed by atoms with E-state index in [0.29, 0.717) is 16.9 Å². The number of non-ortho nitro benzene ring substituents is 1. The van der Waals surface area contributed by atoms with Crippen LogP contribution in [0.1, 0.15) is 22.9 Å². The number of benzene rings is 2. The molecule has 1 amide bonds. The Hall–Kier alpha value is -4.20. The van der Waals surface area contributed by atoms with Crippen molar-refractivity contribution in [3.63, 3.8) is 0 Å². The summed E-state index contributed by atoms with van der Waals surface area (Å²) < 4.78 is 5.32. The molecule has 0 bridgehead atoms. The van der Waals surface area contributed by atoms with Crippen LogP contribution in [0.4, 0.5) is 5.69 Å². The van der Waals surface area contributed by atoms with Gasteiger partial charge in [0.2, 0.25) is 0 Å². The van der Waals surface area contributed by atoms with E-state index in [-0.39, 0.29) is 23.6 Å². The zero-order chi connectivity index (χ0) is 21.3. The first-order valence-corrected chi connectivity index (χ1v) is 9.08. The van der Waals surface area contributed by atoms with Crippen LogP contribution in [0.2, 0.25) is 0 Å². The summed E-state index contributed by atoms with van der Waals surface area (Å²) in [6.45, 7) is 0.00476. The standard InChI is InChI=1S/C22H16N2O6/c25-20(15-5-2-1-3-6-15)18-19(14-8-10-16(11-9-14)24(28)29)23(22(27)21(18)26)13-17-7-4-12-30-17/h1-12,19,25H,13H2/t19-/m1/s1. The minimum absolute atomic E-state index is 0.00476. The third-order valence-electron chi connectivity index (χ3n) is 4.91. The van der Waals surface area contributed by atoms with Crippen LogP contribution in [-0.4, -0.2) is 26.6 Å². The SMILES string of the molecule is O=C1C(=O)N(Cc2ccco2)[C@H](c2ccc([N+](=O)[O-])cc2)C1=C(O)c1ccccc1. The number of carbonyl (C=O) groups excluding carboxylic acids is 2. The summed E-state index contributed by atoms with van der Waals surface area (Å²) >= 11 is 0. The molecule has 0 aliphatic carbocycles. The van der Waals surface area contributed by atoms with Crippen LogP contribution < -0.4 is 0 Å². The van der Waals surface area contributed by atoms with E-state index in [2.05, 4.69) is 0 Å². The van der Waals surface area contributed by atoms with Gasteiger partial charge in [-0.15, -0.1) is 0 Å². The third-order valence-corrected chi connectivity index (χ3v) is 4.91. The zero-order valence-corrected chi connectivity index (χ0v) is 15.6. The van der Waals surface area contributed by atoms with Crippen molar-refractivity contribution in [2.24, 2.45) is 0 Å². The van der Waals surface area contributed by atoms with Crippen LogP contribution >= 0.6 is 0 Å². The minimum Gasteiger partial charge on any atom is -0.507 e. The molecule has 2 aromatic carbocycles. The summed E-state index contributed by atoms with van der Waals surface area (Å²) in [6.07, 6.45) is 1.46. The molecule has 2 heterocycles. The maximum absolute atomic E-state index is 12.9. The fourth-order valence-electron chi connectivity index (χ4n) is 3.49. The Kier molecular flexibility index (Phi) is 4.89. The smallest absolute Gasteiger partial charge is 0.296 e. The molecule has 1 N–H and O–H groups in total. The quantitative estimate of drug-likeness (QED) is 0.227. The number of nitrogens with zero attached hydrogens (tertiary/aromatic N) is 2. The van der Waals surface area contributed by atoms with E-state index in [1.807, 2.05) is 0 Å². The Bertz CT molecular complexity index is 1130. The Morgan fingerprint density at radius 1 is 1.03 bits per heavy atom. The monoisotopic (exact) mass is 404 g/mol. The number of aliphatic hydroxyl groups excluding tert-OH is 1. The molecule has 8 nitrogen and oxygen atoms in total. The molecule has 0 spiro atoms. The van der Waals surface area contributed by atoms with Crippen molar-refractivity contribution >= 4 is 23.1 Å². The third kappa shape index (κ3) is 3.35. The van der Waals surface area contributed by atoms with Crippen LogP contribution in [0.5, 0.6) is 0 Å². The van der Waals surface area contributed by atoms with Gasteiger partial charge in [0.1, 0.15) is 11.5 Å². The van der Waals surface area contributed by atoms with Gasteiger partial charge < -0.3 is 14.4 Å². The number of amides is 1. The van der Waals surface area contributed by atoms with Gasteiger partial charge in [0, 0.05) is 17.7 Å². The lowest BCUT2D eigenvalue weighted by Crippen LogP contribution is -2.29. The summed E-state index contributed by atoms with van der Waals surface area (Å²) in [5.41, 5.74) is 0.653. The van der Waals surface area contributed by atoms with E-state index in [9.17, 15) is 24.8 Å². The molecule has 4 rings (SSSR count). The second-order valence-corrected chi connectivity index (χ2v) is 6.72. The number of carbonyl (C=O) groups is 2. The van der Waals surface area contributed by atoms with Gasteiger partial charge in [-0.2, -0.15) is 0 Å². The number of nitro benzene ring substituents is 1. The van der Waals surface area contributed by atoms with E-state index >= 15 is 0 Å². The molecule has 1 aliphatic heterocycles. The first-order valence-electron chi connectivity index (χ1n) is 9.08. The van der Waals surface area contributed by atoms with Crippen molar-refractivity contribution in [3.05, 3.63) is 106 Å². The number of hydrogen-bond donors (Lipinski definition) is 1. The molecule has 0 radical (unpaired) electrons. The second-order valence-electron chi connectivity index (χ2n) is 6.72. The van der Waals surface area contributed by atoms with E-state index in [1.54, 1.807) is 42.5 Å².